The summed E-state index contributed by atoms with van der Waals surface area (Å²) in [6.07, 6.45) is 3.10. The molecule has 0 atom stereocenters. The molecular formula is C12H16N4O3S. The van der Waals surface area contributed by atoms with Gasteiger partial charge in [-0.05, 0) is 18.6 Å². The molecule has 0 spiro atoms. The van der Waals surface area contributed by atoms with Gasteiger partial charge in [0.15, 0.2) is 5.03 Å². The molecule has 0 aromatic carbocycles. The number of sulfonamides is 1. The Hall–Kier alpha value is -1.77. The number of hydrogen-bond donors (Lipinski definition) is 2. The summed E-state index contributed by atoms with van der Waals surface area (Å²) in [5.41, 5.74) is 2.15. The summed E-state index contributed by atoms with van der Waals surface area (Å²) in [5.74, 6) is 0. The average Bonchev–Trinajstić information content (AvgIpc) is 2.75. The Morgan fingerprint density at radius 1 is 1.40 bits per heavy atom. The lowest BCUT2D eigenvalue weighted by molar-refractivity contribution is 0.281. The molecule has 0 aliphatic heterocycles. The molecule has 0 aliphatic carbocycles. The Morgan fingerprint density at radius 2 is 2.15 bits per heavy atom. The zero-order valence-corrected chi connectivity index (χ0v) is 12.1. The van der Waals surface area contributed by atoms with Gasteiger partial charge in [-0.2, -0.15) is 5.10 Å². The van der Waals surface area contributed by atoms with E-state index >= 15 is 0 Å². The quantitative estimate of drug-likeness (QED) is 0.815. The van der Waals surface area contributed by atoms with E-state index in [1.807, 2.05) is 6.92 Å². The first kappa shape index (κ1) is 14.6. The second-order valence-electron chi connectivity index (χ2n) is 4.40. The molecule has 20 heavy (non-hydrogen) atoms. The average molecular weight is 296 g/mol. The van der Waals surface area contributed by atoms with Crippen LogP contribution in [0, 0.1) is 6.92 Å². The van der Waals surface area contributed by atoms with Crippen molar-refractivity contribution in [2.75, 3.05) is 0 Å². The van der Waals surface area contributed by atoms with E-state index in [1.165, 1.54) is 18.3 Å². The molecule has 2 rings (SSSR count). The van der Waals surface area contributed by atoms with Crippen LogP contribution in [0.15, 0.2) is 29.6 Å². The third-order valence-electron chi connectivity index (χ3n) is 2.82. The smallest absolute Gasteiger partial charge is 0.258 e. The van der Waals surface area contributed by atoms with Crippen molar-refractivity contribution >= 4 is 10.0 Å². The molecule has 0 aliphatic rings. The van der Waals surface area contributed by atoms with Crippen molar-refractivity contribution < 1.29 is 13.5 Å². The summed E-state index contributed by atoms with van der Waals surface area (Å²) in [7, 11) is -1.89. The van der Waals surface area contributed by atoms with Crippen molar-refractivity contribution in [2.24, 2.45) is 7.05 Å². The number of rotatable bonds is 5. The third-order valence-corrected chi connectivity index (χ3v) is 4.14. The summed E-state index contributed by atoms with van der Waals surface area (Å²) in [6.45, 7) is 1.80. The van der Waals surface area contributed by atoms with Gasteiger partial charge in [0, 0.05) is 31.5 Å². The maximum atomic E-state index is 12.1. The van der Waals surface area contributed by atoms with Crippen LogP contribution in [0.5, 0.6) is 0 Å². The lowest BCUT2D eigenvalue weighted by Crippen LogP contribution is -2.24. The standard InChI is InChI=1S/C12H16N4O3S/c1-9-11(7-16(2)15-9)6-14-20(18,19)12-4-3-10(8-17)5-13-12/h3-5,7,14,17H,6,8H2,1-2H3. The Labute approximate surface area is 117 Å². The predicted molar refractivity (Wildman–Crippen MR) is 72.1 cm³/mol. The normalized spacial score (nSPS) is 11.8. The summed E-state index contributed by atoms with van der Waals surface area (Å²) in [4.78, 5) is 3.83. The molecule has 0 radical (unpaired) electrons. The van der Waals surface area contributed by atoms with Crippen molar-refractivity contribution in [1.82, 2.24) is 19.5 Å². The lowest BCUT2D eigenvalue weighted by Gasteiger charge is -2.05. The van der Waals surface area contributed by atoms with E-state index in [4.69, 9.17) is 5.11 Å². The molecular weight excluding hydrogens is 280 g/mol. The largest absolute Gasteiger partial charge is 0.392 e. The Morgan fingerprint density at radius 3 is 2.65 bits per heavy atom. The summed E-state index contributed by atoms with van der Waals surface area (Å²) < 4.78 is 28.2. The highest BCUT2D eigenvalue weighted by Gasteiger charge is 2.16. The van der Waals surface area contributed by atoms with Crippen LogP contribution in [-0.4, -0.2) is 28.3 Å². The predicted octanol–water partition coefficient (Wildman–Crippen LogP) is 0.0943. The number of hydrogen-bond acceptors (Lipinski definition) is 5. The molecule has 2 aromatic rings. The van der Waals surface area contributed by atoms with E-state index in [-0.39, 0.29) is 18.2 Å². The van der Waals surface area contributed by atoms with Crippen molar-refractivity contribution in [1.29, 1.82) is 0 Å². The molecule has 8 heteroatoms. The first-order chi connectivity index (χ1) is 9.42. The van der Waals surface area contributed by atoms with Crippen LogP contribution < -0.4 is 4.72 Å². The van der Waals surface area contributed by atoms with E-state index in [0.717, 1.165) is 11.3 Å². The molecule has 0 saturated heterocycles. The van der Waals surface area contributed by atoms with Gasteiger partial charge in [0.25, 0.3) is 10.0 Å². The molecule has 2 heterocycles. The highest BCUT2D eigenvalue weighted by Crippen LogP contribution is 2.09. The van der Waals surface area contributed by atoms with Crippen molar-refractivity contribution in [2.45, 2.75) is 25.1 Å². The highest BCUT2D eigenvalue weighted by atomic mass is 32.2. The Balaban J connectivity index is 2.12. The first-order valence-corrected chi connectivity index (χ1v) is 7.45. The second-order valence-corrected chi connectivity index (χ2v) is 6.11. The third kappa shape index (κ3) is 3.21. The number of aromatic nitrogens is 3. The van der Waals surface area contributed by atoms with Gasteiger partial charge < -0.3 is 5.11 Å². The number of aliphatic hydroxyl groups excluding tert-OH is 1. The molecule has 2 aromatic heterocycles. The molecule has 0 fully saturated rings. The van der Waals surface area contributed by atoms with E-state index in [1.54, 1.807) is 17.9 Å². The fourth-order valence-electron chi connectivity index (χ4n) is 1.73. The van der Waals surface area contributed by atoms with Crippen LogP contribution >= 0.6 is 0 Å². The molecule has 108 valence electrons. The van der Waals surface area contributed by atoms with Gasteiger partial charge in [0.05, 0.1) is 12.3 Å². The SMILES string of the molecule is Cc1nn(C)cc1CNS(=O)(=O)c1ccc(CO)cn1. The Kier molecular flexibility index (Phi) is 4.17. The van der Waals surface area contributed by atoms with E-state index in [9.17, 15) is 8.42 Å². The summed E-state index contributed by atoms with van der Waals surface area (Å²) in [5, 5.41) is 13.0. The number of nitrogens with zero attached hydrogens (tertiary/aromatic N) is 3. The topological polar surface area (TPSA) is 97.1 Å². The van der Waals surface area contributed by atoms with Crippen molar-refractivity contribution in [3.63, 3.8) is 0 Å². The van der Waals surface area contributed by atoms with Crippen molar-refractivity contribution in [3.8, 4) is 0 Å². The van der Waals surface area contributed by atoms with Crippen LogP contribution in [0.3, 0.4) is 0 Å². The van der Waals surface area contributed by atoms with Crippen LogP contribution in [0.2, 0.25) is 0 Å². The van der Waals surface area contributed by atoms with Crippen LogP contribution in [-0.2, 0) is 30.2 Å². The van der Waals surface area contributed by atoms with Crippen LogP contribution in [0.1, 0.15) is 16.8 Å². The van der Waals surface area contributed by atoms with Gasteiger partial charge in [-0.3, -0.25) is 4.68 Å². The molecule has 7 nitrogen and oxygen atoms in total. The maximum absolute atomic E-state index is 12.1. The fourth-order valence-corrected chi connectivity index (χ4v) is 2.66. The molecule has 0 saturated carbocycles. The zero-order chi connectivity index (χ0) is 14.8. The molecule has 0 amide bonds. The summed E-state index contributed by atoms with van der Waals surface area (Å²) >= 11 is 0. The minimum Gasteiger partial charge on any atom is -0.392 e. The van der Waals surface area contributed by atoms with Gasteiger partial charge in [0.2, 0.25) is 0 Å². The van der Waals surface area contributed by atoms with E-state index < -0.39 is 10.0 Å². The van der Waals surface area contributed by atoms with Crippen molar-refractivity contribution in [3.05, 3.63) is 41.3 Å². The number of pyridine rings is 1. The van der Waals surface area contributed by atoms with Gasteiger partial charge in [-0.25, -0.2) is 18.1 Å². The minimum absolute atomic E-state index is 0.0729. The van der Waals surface area contributed by atoms with Gasteiger partial charge in [-0.15, -0.1) is 0 Å². The number of aryl methyl sites for hydroxylation is 2. The summed E-state index contributed by atoms with van der Waals surface area (Å²) in [6, 6.07) is 2.89. The van der Waals surface area contributed by atoms with Gasteiger partial charge in [-0.1, -0.05) is 6.07 Å². The Bertz CT molecular complexity index is 692. The lowest BCUT2D eigenvalue weighted by atomic mass is 10.3. The second kappa shape index (κ2) is 5.70. The van der Waals surface area contributed by atoms with Gasteiger partial charge in [0.1, 0.15) is 0 Å². The number of aliphatic hydroxyl groups is 1. The molecule has 0 unspecified atom stereocenters. The fraction of sp³-hybridized carbons (Fsp3) is 0.333. The zero-order valence-electron chi connectivity index (χ0n) is 11.2. The maximum Gasteiger partial charge on any atom is 0.258 e. The first-order valence-electron chi connectivity index (χ1n) is 5.97. The minimum atomic E-state index is -3.67. The van der Waals surface area contributed by atoms with Crippen LogP contribution in [0.25, 0.3) is 0 Å². The van der Waals surface area contributed by atoms with Gasteiger partial charge >= 0.3 is 0 Å². The monoisotopic (exact) mass is 296 g/mol. The molecule has 0 bridgehead atoms. The van der Waals surface area contributed by atoms with E-state index in [0.29, 0.717) is 5.56 Å². The highest BCUT2D eigenvalue weighted by molar-refractivity contribution is 7.89. The van der Waals surface area contributed by atoms with Crippen LogP contribution in [0.4, 0.5) is 0 Å². The molecule has 2 N–H and O–H groups in total. The van der Waals surface area contributed by atoms with E-state index in [2.05, 4.69) is 14.8 Å². The number of nitrogens with one attached hydrogen (secondary N) is 1.